The molecule has 0 aliphatic heterocycles. The highest BCUT2D eigenvalue weighted by Gasteiger charge is 2.26. The van der Waals surface area contributed by atoms with E-state index < -0.39 is 28.9 Å². The summed E-state index contributed by atoms with van der Waals surface area (Å²) in [5, 5.41) is 8.71. The number of rotatable bonds is 3. The van der Waals surface area contributed by atoms with Crippen LogP contribution in [-0.4, -0.2) is 17.2 Å². The second-order valence-corrected chi connectivity index (χ2v) is 4.99. The van der Waals surface area contributed by atoms with Crippen molar-refractivity contribution in [2.45, 2.75) is 38.7 Å². The second-order valence-electron chi connectivity index (χ2n) is 4.99. The molecule has 0 radical (unpaired) electrons. The van der Waals surface area contributed by atoms with E-state index in [9.17, 15) is 13.6 Å². The van der Waals surface area contributed by atoms with Crippen LogP contribution in [0.5, 0.6) is 5.75 Å². The first-order chi connectivity index (χ1) is 8.99. The molecule has 0 saturated heterocycles. The van der Waals surface area contributed by atoms with Gasteiger partial charge < -0.3 is 9.84 Å². The van der Waals surface area contributed by atoms with E-state index in [0.717, 1.165) is 37.8 Å². The standard InChI is InChI=1S/C14H16F2O3/c1-8-4-2-3-5-12(8)19-13-10(15)6-9(14(17)18)7-11(13)16/h6-8,12H,2-5H2,1H3,(H,17,18). The summed E-state index contributed by atoms with van der Waals surface area (Å²) in [5.41, 5.74) is -0.418. The first-order valence-electron chi connectivity index (χ1n) is 6.38. The largest absolute Gasteiger partial charge is 0.484 e. The summed E-state index contributed by atoms with van der Waals surface area (Å²) in [7, 11) is 0. The molecule has 2 atom stereocenters. The molecule has 5 heteroatoms. The summed E-state index contributed by atoms with van der Waals surface area (Å²) in [6.45, 7) is 1.99. The number of carboxylic acids is 1. The van der Waals surface area contributed by atoms with Crippen molar-refractivity contribution in [2.75, 3.05) is 0 Å². The Bertz CT molecular complexity index is 465. The van der Waals surface area contributed by atoms with E-state index in [-0.39, 0.29) is 12.0 Å². The van der Waals surface area contributed by atoms with E-state index in [1.54, 1.807) is 0 Å². The number of aromatic carboxylic acids is 1. The first kappa shape index (κ1) is 13.8. The van der Waals surface area contributed by atoms with Crippen LogP contribution in [0.2, 0.25) is 0 Å². The quantitative estimate of drug-likeness (QED) is 0.912. The Labute approximate surface area is 110 Å². The molecule has 1 N–H and O–H groups in total. The van der Waals surface area contributed by atoms with Crippen LogP contribution in [0.4, 0.5) is 8.78 Å². The lowest BCUT2D eigenvalue weighted by molar-refractivity contribution is 0.0694. The van der Waals surface area contributed by atoms with Gasteiger partial charge in [0.2, 0.25) is 0 Å². The molecular weight excluding hydrogens is 254 g/mol. The van der Waals surface area contributed by atoms with Crippen molar-refractivity contribution in [3.8, 4) is 5.75 Å². The number of hydrogen-bond acceptors (Lipinski definition) is 2. The number of benzene rings is 1. The minimum Gasteiger partial charge on any atom is -0.484 e. The highest BCUT2D eigenvalue weighted by atomic mass is 19.1. The van der Waals surface area contributed by atoms with Gasteiger partial charge in [0.25, 0.3) is 0 Å². The highest BCUT2D eigenvalue weighted by Crippen LogP contribution is 2.31. The first-order valence-corrected chi connectivity index (χ1v) is 6.38. The van der Waals surface area contributed by atoms with Crippen molar-refractivity contribution in [1.29, 1.82) is 0 Å². The average Bonchev–Trinajstić information content (AvgIpc) is 2.35. The number of carboxylic acid groups (broad SMARTS) is 1. The molecule has 104 valence electrons. The van der Waals surface area contributed by atoms with Crippen LogP contribution in [0.15, 0.2) is 12.1 Å². The van der Waals surface area contributed by atoms with Crippen LogP contribution in [-0.2, 0) is 0 Å². The van der Waals surface area contributed by atoms with E-state index in [0.29, 0.717) is 0 Å². The monoisotopic (exact) mass is 270 g/mol. The Morgan fingerprint density at radius 3 is 2.37 bits per heavy atom. The topological polar surface area (TPSA) is 46.5 Å². The Kier molecular flexibility index (Phi) is 4.02. The number of hydrogen-bond donors (Lipinski definition) is 1. The summed E-state index contributed by atoms with van der Waals surface area (Å²) in [5.74, 6) is -3.52. The predicted molar refractivity (Wildman–Crippen MR) is 65.4 cm³/mol. The third-order valence-electron chi connectivity index (χ3n) is 3.55. The molecule has 19 heavy (non-hydrogen) atoms. The Morgan fingerprint density at radius 2 is 1.84 bits per heavy atom. The summed E-state index contributed by atoms with van der Waals surface area (Å²) in [6.07, 6.45) is 3.60. The van der Waals surface area contributed by atoms with Gasteiger partial charge in [0.15, 0.2) is 17.4 Å². The lowest BCUT2D eigenvalue weighted by atomic mass is 9.88. The molecule has 1 aromatic carbocycles. The molecule has 1 fully saturated rings. The lowest BCUT2D eigenvalue weighted by Crippen LogP contribution is -2.29. The minimum absolute atomic E-state index is 0.214. The fraction of sp³-hybridized carbons (Fsp3) is 0.500. The highest BCUT2D eigenvalue weighted by molar-refractivity contribution is 5.87. The second kappa shape index (κ2) is 5.55. The van der Waals surface area contributed by atoms with E-state index in [1.165, 1.54) is 0 Å². The van der Waals surface area contributed by atoms with Crippen molar-refractivity contribution in [2.24, 2.45) is 5.92 Å². The Morgan fingerprint density at radius 1 is 1.26 bits per heavy atom. The molecule has 0 heterocycles. The molecule has 2 rings (SSSR count). The maximum absolute atomic E-state index is 13.7. The summed E-state index contributed by atoms with van der Waals surface area (Å²) in [4.78, 5) is 10.7. The van der Waals surface area contributed by atoms with E-state index in [2.05, 4.69) is 0 Å². The SMILES string of the molecule is CC1CCCCC1Oc1c(F)cc(C(=O)O)cc1F. The van der Waals surface area contributed by atoms with Crippen LogP contribution in [0, 0.1) is 17.6 Å². The summed E-state index contributed by atoms with van der Waals surface area (Å²) in [6, 6.07) is 1.57. The minimum atomic E-state index is -1.37. The lowest BCUT2D eigenvalue weighted by Gasteiger charge is -2.29. The van der Waals surface area contributed by atoms with Crippen molar-refractivity contribution >= 4 is 5.97 Å². The van der Waals surface area contributed by atoms with E-state index in [4.69, 9.17) is 9.84 Å². The third kappa shape index (κ3) is 3.03. The van der Waals surface area contributed by atoms with Crippen molar-refractivity contribution in [3.63, 3.8) is 0 Å². The summed E-state index contributed by atoms with van der Waals surface area (Å²) >= 11 is 0. The third-order valence-corrected chi connectivity index (χ3v) is 3.55. The Balaban J connectivity index is 2.22. The van der Waals surface area contributed by atoms with Gasteiger partial charge in [-0.3, -0.25) is 0 Å². The number of carbonyl (C=O) groups is 1. The van der Waals surface area contributed by atoms with Gasteiger partial charge in [0, 0.05) is 0 Å². The van der Waals surface area contributed by atoms with Gasteiger partial charge in [-0.15, -0.1) is 0 Å². The zero-order valence-electron chi connectivity index (χ0n) is 10.7. The van der Waals surface area contributed by atoms with Gasteiger partial charge in [0.05, 0.1) is 5.56 Å². The zero-order valence-corrected chi connectivity index (χ0v) is 10.7. The van der Waals surface area contributed by atoms with Crippen LogP contribution in [0.3, 0.4) is 0 Å². The molecular formula is C14H16F2O3. The molecule has 1 aromatic rings. The van der Waals surface area contributed by atoms with Gasteiger partial charge in [-0.2, -0.15) is 0 Å². The fourth-order valence-corrected chi connectivity index (χ4v) is 2.40. The van der Waals surface area contributed by atoms with Crippen LogP contribution < -0.4 is 4.74 Å². The van der Waals surface area contributed by atoms with Gasteiger partial charge in [-0.05, 0) is 37.3 Å². The fourth-order valence-electron chi connectivity index (χ4n) is 2.40. The molecule has 1 aliphatic rings. The van der Waals surface area contributed by atoms with Crippen LogP contribution >= 0.6 is 0 Å². The van der Waals surface area contributed by atoms with Crippen molar-refractivity contribution < 1.29 is 23.4 Å². The molecule has 3 nitrogen and oxygen atoms in total. The van der Waals surface area contributed by atoms with Crippen LogP contribution in [0.25, 0.3) is 0 Å². The van der Waals surface area contributed by atoms with E-state index in [1.807, 2.05) is 6.92 Å². The predicted octanol–water partition coefficient (Wildman–Crippen LogP) is 3.62. The molecule has 2 unspecified atom stereocenters. The van der Waals surface area contributed by atoms with Gasteiger partial charge in [0.1, 0.15) is 6.10 Å². The Hall–Kier alpha value is -1.65. The maximum atomic E-state index is 13.7. The average molecular weight is 270 g/mol. The van der Waals surface area contributed by atoms with Gasteiger partial charge >= 0.3 is 5.97 Å². The smallest absolute Gasteiger partial charge is 0.335 e. The molecule has 1 aliphatic carbocycles. The maximum Gasteiger partial charge on any atom is 0.335 e. The molecule has 0 spiro atoms. The van der Waals surface area contributed by atoms with Crippen LogP contribution in [0.1, 0.15) is 43.0 Å². The molecule has 0 aromatic heterocycles. The zero-order chi connectivity index (χ0) is 14.0. The molecule has 0 amide bonds. The number of ether oxygens (including phenoxy) is 1. The van der Waals surface area contributed by atoms with Gasteiger partial charge in [-0.25, -0.2) is 13.6 Å². The molecule has 0 bridgehead atoms. The van der Waals surface area contributed by atoms with Crippen molar-refractivity contribution in [3.05, 3.63) is 29.3 Å². The summed E-state index contributed by atoms with van der Waals surface area (Å²) < 4.78 is 32.9. The van der Waals surface area contributed by atoms with Crippen molar-refractivity contribution in [1.82, 2.24) is 0 Å². The molecule has 1 saturated carbocycles. The normalized spacial score (nSPS) is 23.1. The van der Waals surface area contributed by atoms with Gasteiger partial charge in [-0.1, -0.05) is 13.3 Å². The number of halogens is 2. The van der Waals surface area contributed by atoms with E-state index >= 15 is 0 Å².